The molecule has 1 amide bonds. The lowest BCUT2D eigenvalue weighted by atomic mass is 10.1. The number of nitrogens with one attached hydrogen (secondary N) is 1. The average Bonchev–Trinajstić information content (AvgIpc) is 2.97. The van der Waals surface area contributed by atoms with E-state index in [1.165, 1.54) is 0 Å². The zero-order chi connectivity index (χ0) is 16.2. The van der Waals surface area contributed by atoms with Gasteiger partial charge in [-0.1, -0.05) is 18.2 Å². The van der Waals surface area contributed by atoms with Crippen LogP contribution in [0, 0.1) is 0 Å². The number of aliphatic carboxylic acids is 1. The molecule has 6 nitrogen and oxygen atoms in total. The minimum atomic E-state index is -1.17. The van der Waals surface area contributed by atoms with Crippen LogP contribution < -0.4 is 5.32 Å². The molecule has 0 aliphatic heterocycles. The Balaban J connectivity index is 1.84. The number of imidazole rings is 1. The Morgan fingerprint density at radius 1 is 1.13 bits per heavy atom. The van der Waals surface area contributed by atoms with Crippen molar-refractivity contribution in [1.82, 2.24) is 9.38 Å². The highest BCUT2D eigenvalue weighted by atomic mass is 16.4. The van der Waals surface area contributed by atoms with Gasteiger partial charge in [0.1, 0.15) is 5.65 Å². The van der Waals surface area contributed by atoms with Crippen LogP contribution in [0.5, 0.6) is 0 Å². The molecule has 0 fully saturated rings. The summed E-state index contributed by atoms with van der Waals surface area (Å²) < 4.78 is 1.91. The molecule has 0 bridgehead atoms. The Labute approximate surface area is 131 Å². The summed E-state index contributed by atoms with van der Waals surface area (Å²) in [6.45, 7) is 0. The molecular weight excluding hydrogens is 294 g/mol. The first-order valence-electron chi connectivity index (χ1n) is 6.88. The van der Waals surface area contributed by atoms with Crippen LogP contribution in [0.1, 0.15) is 0 Å². The number of amides is 1. The van der Waals surface area contributed by atoms with Gasteiger partial charge in [-0.25, -0.2) is 9.78 Å². The van der Waals surface area contributed by atoms with Crippen molar-refractivity contribution in [2.24, 2.45) is 0 Å². The predicted octanol–water partition coefficient (Wildman–Crippen LogP) is 2.58. The van der Waals surface area contributed by atoms with Crippen LogP contribution in [0.3, 0.4) is 0 Å². The molecular formula is C17H13N3O3. The highest BCUT2D eigenvalue weighted by Gasteiger charge is 2.06. The summed E-state index contributed by atoms with van der Waals surface area (Å²) in [4.78, 5) is 26.5. The molecule has 0 saturated heterocycles. The highest BCUT2D eigenvalue weighted by molar-refractivity contribution is 6.02. The SMILES string of the molecule is O=C(O)C=CC(=O)Nc1cccc(-c2cn3ccccc3n2)c1. The summed E-state index contributed by atoms with van der Waals surface area (Å²) in [5.41, 5.74) is 3.04. The molecule has 0 unspecified atom stereocenters. The maximum atomic E-state index is 11.6. The van der Waals surface area contributed by atoms with E-state index in [1.54, 1.807) is 18.2 Å². The molecule has 23 heavy (non-hydrogen) atoms. The van der Waals surface area contributed by atoms with Crippen molar-refractivity contribution < 1.29 is 14.7 Å². The van der Waals surface area contributed by atoms with Crippen molar-refractivity contribution in [1.29, 1.82) is 0 Å². The first kappa shape index (κ1) is 14.5. The van der Waals surface area contributed by atoms with Gasteiger partial charge in [0.2, 0.25) is 5.91 Å². The van der Waals surface area contributed by atoms with E-state index in [1.807, 2.05) is 41.1 Å². The molecule has 0 saturated carbocycles. The Bertz CT molecular complexity index is 879. The predicted molar refractivity (Wildman–Crippen MR) is 86.0 cm³/mol. The lowest BCUT2D eigenvalue weighted by molar-refractivity contribution is -0.131. The molecule has 6 heteroatoms. The fraction of sp³-hybridized carbons (Fsp3) is 0. The van der Waals surface area contributed by atoms with Gasteiger partial charge < -0.3 is 14.8 Å². The summed E-state index contributed by atoms with van der Waals surface area (Å²) in [5.74, 6) is -1.67. The Hall–Kier alpha value is -3.41. The summed E-state index contributed by atoms with van der Waals surface area (Å²) in [6.07, 6.45) is 5.58. The number of rotatable bonds is 4. The quantitative estimate of drug-likeness (QED) is 0.726. The zero-order valence-electron chi connectivity index (χ0n) is 12.0. The van der Waals surface area contributed by atoms with Crippen LogP contribution in [0.15, 0.2) is 67.0 Å². The summed E-state index contributed by atoms with van der Waals surface area (Å²) >= 11 is 0. The standard InChI is InChI=1S/C17H13N3O3/c21-16(7-8-17(22)23)18-13-5-3-4-12(10-13)14-11-20-9-2-1-6-15(20)19-14/h1-11H,(H,18,21)(H,22,23). The number of hydrogen-bond donors (Lipinski definition) is 2. The molecule has 0 radical (unpaired) electrons. The number of carboxylic acid groups (broad SMARTS) is 1. The van der Waals surface area contributed by atoms with Crippen LogP contribution in [-0.4, -0.2) is 26.4 Å². The maximum Gasteiger partial charge on any atom is 0.328 e. The summed E-state index contributed by atoms with van der Waals surface area (Å²) in [7, 11) is 0. The molecule has 0 spiro atoms. The molecule has 2 N–H and O–H groups in total. The molecule has 3 aromatic rings. The number of fused-ring (bicyclic) bond motifs is 1. The molecule has 1 aromatic carbocycles. The minimum Gasteiger partial charge on any atom is -0.478 e. The van der Waals surface area contributed by atoms with Crippen molar-refractivity contribution in [2.75, 3.05) is 5.32 Å². The van der Waals surface area contributed by atoms with Crippen LogP contribution >= 0.6 is 0 Å². The second-order valence-electron chi connectivity index (χ2n) is 4.83. The van der Waals surface area contributed by atoms with Gasteiger partial charge in [0.05, 0.1) is 5.69 Å². The van der Waals surface area contributed by atoms with Gasteiger partial charge in [-0.3, -0.25) is 4.79 Å². The summed E-state index contributed by atoms with van der Waals surface area (Å²) in [5, 5.41) is 11.1. The van der Waals surface area contributed by atoms with Crippen molar-refractivity contribution in [3.05, 3.63) is 67.0 Å². The van der Waals surface area contributed by atoms with Gasteiger partial charge >= 0.3 is 5.97 Å². The third-order valence-corrected chi connectivity index (χ3v) is 3.17. The molecule has 2 heterocycles. The Morgan fingerprint density at radius 2 is 2.00 bits per heavy atom. The molecule has 0 aliphatic rings. The summed E-state index contributed by atoms with van der Waals surface area (Å²) in [6, 6.07) is 13.0. The topological polar surface area (TPSA) is 83.7 Å². The van der Waals surface area contributed by atoms with E-state index in [9.17, 15) is 9.59 Å². The second-order valence-corrected chi connectivity index (χ2v) is 4.83. The number of anilines is 1. The van der Waals surface area contributed by atoms with Crippen molar-refractivity contribution >= 4 is 23.2 Å². The molecule has 0 atom stereocenters. The normalized spacial score (nSPS) is 11.0. The van der Waals surface area contributed by atoms with Crippen molar-refractivity contribution in [3.63, 3.8) is 0 Å². The van der Waals surface area contributed by atoms with E-state index in [0.717, 1.165) is 29.1 Å². The largest absolute Gasteiger partial charge is 0.478 e. The molecule has 114 valence electrons. The second kappa shape index (κ2) is 6.15. The monoisotopic (exact) mass is 307 g/mol. The van der Waals surface area contributed by atoms with Gasteiger partial charge in [-0.05, 0) is 24.3 Å². The lowest BCUT2D eigenvalue weighted by Gasteiger charge is -2.04. The number of aromatic nitrogens is 2. The van der Waals surface area contributed by atoms with E-state index in [0.29, 0.717) is 5.69 Å². The highest BCUT2D eigenvalue weighted by Crippen LogP contribution is 2.22. The number of carboxylic acids is 1. The fourth-order valence-electron chi connectivity index (χ4n) is 2.16. The first-order chi connectivity index (χ1) is 11.1. The number of carbonyl (C=O) groups excluding carboxylic acids is 1. The molecule has 0 aliphatic carbocycles. The van der Waals surface area contributed by atoms with E-state index in [2.05, 4.69) is 10.3 Å². The van der Waals surface area contributed by atoms with E-state index in [-0.39, 0.29) is 0 Å². The number of nitrogens with zero attached hydrogens (tertiary/aromatic N) is 2. The first-order valence-corrected chi connectivity index (χ1v) is 6.88. The third-order valence-electron chi connectivity index (χ3n) is 3.17. The number of pyridine rings is 1. The fourth-order valence-corrected chi connectivity index (χ4v) is 2.16. The smallest absolute Gasteiger partial charge is 0.328 e. The van der Waals surface area contributed by atoms with Crippen molar-refractivity contribution in [3.8, 4) is 11.3 Å². The van der Waals surface area contributed by atoms with Crippen LogP contribution in [0.25, 0.3) is 16.9 Å². The zero-order valence-corrected chi connectivity index (χ0v) is 12.0. The van der Waals surface area contributed by atoms with E-state index >= 15 is 0 Å². The Morgan fingerprint density at radius 3 is 2.78 bits per heavy atom. The molecule has 3 rings (SSSR count). The maximum absolute atomic E-state index is 11.6. The molecule has 2 aromatic heterocycles. The van der Waals surface area contributed by atoms with Gasteiger partial charge in [-0.15, -0.1) is 0 Å². The van der Waals surface area contributed by atoms with Gasteiger partial charge in [0, 0.05) is 35.8 Å². The van der Waals surface area contributed by atoms with E-state index in [4.69, 9.17) is 5.11 Å². The Kier molecular flexibility index (Phi) is 3.88. The van der Waals surface area contributed by atoms with Crippen LogP contribution in [0.2, 0.25) is 0 Å². The van der Waals surface area contributed by atoms with Gasteiger partial charge in [0.15, 0.2) is 0 Å². The average molecular weight is 307 g/mol. The van der Waals surface area contributed by atoms with Gasteiger partial charge in [0.25, 0.3) is 0 Å². The minimum absolute atomic E-state index is 0.500. The number of benzene rings is 1. The lowest BCUT2D eigenvalue weighted by Crippen LogP contribution is -2.08. The van der Waals surface area contributed by atoms with E-state index < -0.39 is 11.9 Å². The number of carbonyl (C=O) groups is 2. The van der Waals surface area contributed by atoms with Crippen molar-refractivity contribution in [2.45, 2.75) is 0 Å². The van der Waals surface area contributed by atoms with Crippen LogP contribution in [0.4, 0.5) is 5.69 Å². The third kappa shape index (κ3) is 3.44. The van der Waals surface area contributed by atoms with Gasteiger partial charge in [-0.2, -0.15) is 0 Å². The van der Waals surface area contributed by atoms with Crippen LogP contribution in [-0.2, 0) is 9.59 Å². The number of hydrogen-bond acceptors (Lipinski definition) is 3.